The summed E-state index contributed by atoms with van der Waals surface area (Å²) < 4.78 is 15.3. The Kier molecular flexibility index (Phi) is 13.7. The van der Waals surface area contributed by atoms with Crippen molar-refractivity contribution in [2.24, 2.45) is 0 Å². The van der Waals surface area contributed by atoms with Crippen molar-refractivity contribution in [2.75, 3.05) is 14.2 Å². The van der Waals surface area contributed by atoms with Crippen molar-refractivity contribution in [3.63, 3.8) is 0 Å². The van der Waals surface area contributed by atoms with Gasteiger partial charge in [-0.1, -0.05) is 13.8 Å². The number of hydrogen-bond acceptors (Lipinski definition) is 6. The zero-order valence-corrected chi connectivity index (χ0v) is 20.7. The Balaban J connectivity index is 0. The van der Waals surface area contributed by atoms with E-state index in [1.165, 1.54) is 20.3 Å². The fourth-order valence-electron chi connectivity index (χ4n) is 2.02. The van der Waals surface area contributed by atoms with E-state index < -0.39 is 10.9 Å². The molecule has 0 saturated carbocycles. The van der Waals surface area contributed by atoms with Gasteiger partial charge in [0, 0.05) is 50.1 Å². The van der Waals surface area contributed by atoms with E-state index in [-0.39, 0.29) is 66.5 Å². The van der Waals surface area contributed by atoms with Gasteiger partial charge in [-0.3, -0.25) is 10.1 Å². The largest absolute Gasteiger partial charge is 0.497 e. The number of ether oxygens (including phenoxy) is 3. The molecule has 2 N–H and O–H groups in total. The molecule has 1 radical (unpaired) electrons. The van der Waals surface area contributed by atoms with Crippen LogP contribution in [0, 0.1) is 61.1 Å². The molecule has 2 aromatic rings. The van der Waals surface area contributed by atoms with Gasteiger partial charge in [-0.2, -0.15) is 0 Å². The van der Waals surface area contributed by atoms with Gasteiger partial charge < -0.3 is 19.7 Å². The Morgan fingerprint density at radius 1 is 1.04 bits per heavy atom. The van der Waals surface area contributed by atoms with Crippen LogP contribution in [-0.2, 0) is 4.74 Å². The van der Waals surface area contributed by atoms with Crippen molar-refractivity contribution in [3.05, 3.63) is 57.6 Å². The third-order valence-electron chi connectivity index (χ3n) is 3.15. The molecule has 0 fully saturated rings. The summed E-state index contributed by atoms with van der Waals surface area (Å²) in [4.78, 5) is 22.3. The number of carbonyl (C=O) groups is 1. The van der Waals surface area contributed by atoms with Crippen molar-refractivity contribution >= 4 is 11.7 Å². The van der Waals surface area contributed by atoms with Crippen LogP contribution in [0.15, 0.2) is 36.4 Å². The van der Waals surface area contributed by atoms with Crippen LogP contribution in [0.1, 0.15) is 29.8 Å². The van der Waals surface area contributed by atoms with Gasteiger partial charge in [0.1, 0.15) is 11.5 Å². The maximum atomic E-state index is 11.6. The van der Waals surface area contributed by atoms with E-state index in [1.54, 1.807) is 31.2 Å². The number of rotatable bonds is 5. The summed E-state index contributed by atoms with van der Waals surface area (Å²) in [6, 6.07) is 9.25. The van der Waals surface area contributed by atoms with Crippen LogP contribution in [-0.4, -0.2) is 30.6 Å². The molecule has 8 nitrogen and oxygen atoms in total. The van der Waals surface area contributed by atoms with Gasteiger partial charge in [-0.05, 0) is 42.8 Å². The first-order valence-corrected chi connectivity index (χ1v) is 7.65. The molecule has 0 heterocycles. The van der Waals surface area contributed by atoms with Crippen LogP contribution in [0.4, 0.5) is 5.69 Å². The molecule has 0 aliphatic heterocycles. The third kappa shape index (κ3) is 7.45. The Morgan fingerprint density at radius 2 is 1.56 bits per heavy atom. The number of hydrogen-bond donors (Lipinski definition) is 0. The van der Waals surface area contributed by atoms with Crippen molar-refractivity contribution in [1.82, 2.24) is 0 Å². The molecule has 0 bridgehead atoms. The molecule has 0 spiro atoms. The molecular formula is C18H23AcNO7. The van der Waals surface area contributed by atoms with Gasteiger partial charge in [-0.15, -0.1) is 0 Å². The monoisotopic (exact) mass is 592 g/mol. The standard InChI is InChI=1S/C16H15NO6.C2H6.Ac.H2O/c1-10-8-11(16(18)22-3)9-14(17(19)20)15(10)23-13-6-4-12(21-2)5-7-13;1-2;;/h4-9H,1-3H3;1-2H3;;1H2. The van der Waals surface area contributed by atoms with Crippen LogP contribution in [0.25, 0.3) is 0 Å². The first-order chi connectivity index (χ1) is 12.0. The molecule has 0 aliphatic carbocycles. The van der Waals surface area contributed by atoms with Crippen molar-refractivity contribution in [2.45, 2.75) is 20.8 Å². The normalized spacial score (nSPS) is 8.78. The molecular weight excluding hydrogens is 569 g/mol. The minimum atomic E-state index is -0.646. The van der Waals surface area contributed by atoms with E-state index in [9.17, 15) is 14.9 Å². The first-order valence-electron chi connectivity index (χ1n) is 7.65. The quantitative estimate of drug-likeness (QED) is 0.297. The molecule has 27 heavy (non-hydrogen) atoms. The molecule has 0 saturated heterocycles. The van der Waals surface area contributed by atoms with Crippen LogP contribution in [0.2, 0.25) is 0 Å². The molecule has 0 aliphatic rings. The number of nitrogens with zero attached hydrogens (tertiary/aromatic N) is 1. The number of nitro benzene ring substituents is 1. The van der Waals surface area contributed by atoms with Crippen LogP contribution in [0.5, 0.6) is 17.2 Å². The molecule has 2 rings (SSSR count). The Labute approximate surface area is 193 Å². The average molecular weight is 592 g/mol. The van der Waals surface area contributed by atoms with Crippen LogP contribution < -0.4 is 9.47 Å². The number of methoxy groups -OCH3 is 2. The number of aryl methyl sites for hydroxylation is 1. The zero-order valence-electron chi connectivity index (χ0n) is 15.9. The summed E-state index contributed by atoms with van der Waals surface area (Å²) >= 11 is 0. The Bertz CT molecular complexity index is 748. The number of esters is 1. The summed E-state index contributed by atoms with van der Waals surface area (Å²) in [5, 5.41) is 11.3. The molecule has 145 valence electrons. The number of benzene rings is 2. The van der Waals surface area contributed by atoms with Gasteiger partial charge in [0.25, 0.3) is 0 Å². The topological polar surface area (TPSA) is 119 Å². The number of nitro groups is 1. The van der Waals surface area contributed by atoms with Gasteiger partial charge in [0.15, 0.2) is 0 Å². The van der Waals surface area contributed by atoms with Crippen molar-refractivity contribution in [1.29, 1.82) is 0 Å². The van der Waals surface area contributed by atoms with E-state index in [2.05, 4.69) is 4.74 Å². The summed E-state index contributed by atoms with van der Waals surface area (Å²) in [5.41, 5.74) is 0.246. The van der Waals surface area contributed by atoms with E-state index in [0.717, 1.165) is 6.07 Å². The van der Waals surface area contributed by atoms with Crippen molar-refractivity contribution in [3.8, 4) is 17.2 Å². The van der Waals surface area contributed by atoms with E-state index in [4.69, 9.17) is 9.47 Å². The average Bonchev–Trinajstić information content (AvgIpc) is 2.64. The molecule has 0 amide bonds. The Morgan fingerprint density at radius 3 is 2.00 bits per heavy atom. The molecule has 2 aromatic carbocycles. The first kappa shape index (κ1) is 27.5. The summed E-state index contributed by atoms with van der Waals surface area (Å²) in [6.07, 6.45) is 0. The fourth-order valence-corrected chi connectivity index (χ4v) is 2.02. The minimum Gasteiger partial charge on any atom is -0.497 e. The van der Waals surface area contributed by atoms with Crippen LogP contribution in [0.3, 0.4) is 0 Å². The maximum absolute atomic E-state index is 11.6. The third-order valence-corrected chi connectivity index (χ3v) is 3.15. The molecule has 0 aromatic heterocycles. The van der Waals surface area contributed by atoms with Gasteiger partial charge in [0.2, 0.25) is 5.75 Å². The van der Waals surface area contributed by atoms with E-state index >= 15 is 0 Å². The molecule has 0 unspecified atom stereocenters. The summed E-state index contributed by atoms with van der Waals surface area (Å²) in [6.45, 7) is 5.62. The van der Waals surface area contributed by atoms with Crippen LogP contribution >= 0.6 is 0 Å². The predicted octanol–water partition coefficient (Wildman–Crippen LogP) is 3.69. The second kappa shape index (κ2) is 13.5. The SMILES string of the molecule is CC.COC(=O)c1cc(C)c(Oc2ccc(OC)cc2)c([N+](=O)[O-])c1.O.[Ac]. The summed E-state index contributed by atoms with van der Waals surface area (Å²) in [7, 11) is 2.75. The fraction of sp³-hybridized carbons (Fsp3) is 0.278. The predicted molar refractivity (Wildman–Crippen MR) is 97.2 cm³/mol. The van der Waals surface area contributed by atoms with Gasteiger partial charge in [-0.25, -0.2) is 4.79 Å². The molecule has 9 heteroatoms. The molecule has 0 atom stereocenters. The smallest absolute Gasteiger partial charge is 0.338 e. The van der Waals surface area contributed by atoms with Gasteiger partial charge in [0.05, 0.1) is 24.7 Å². The maximum Gasteiger partial charge on any atom is 0.338 e. The van der Waals surface area contributed by atoms with Crippen molar-refractivity contribution < 1.29 is 73.5 Å². The van der Waals surface area contributed by atoms with E-state index in [1.807, 2.05) is 13.8 Å². The second-order valence-electron chi connectivity index (χ2n) is 4.67. The van der Waals surface area contributed by atoms with Gasteiger partial charge >= 0.3 is 11.7 Å². The zero-order chi connectivity index (χ0) is 19.0. The number of carbonyl (C=O) groups excluding carboxylic acids is 1. The second-order valence-corrected chi connectivity index (χ2v) is 4.67. The summed E-state index contributed by atoms with van der Waals surface area (Å²) in [5.74, 6) is 0.493. The van der Waals surface area contributed by atoms with E-state index in [0.29, 0.717) is 17.1 Å². The Hall–Kier alpha value is -1.69. The minimum absolute atomic E-state index is 0.